The van der Waals surface area contributed by atoms with Gasteiger partial charge in [0, 0.05) is 30.3 Å². The van der Waals surface area contributed by atoms with Crippen LogP contribution in [-0.4, -0.2) is 30.9 Å². The third-order valence-corrected chi connectivity index (χ3v) is 3.88. The molecule has 0 radical (unpaired) electrons. The van der Waals surface area contributed by atoms with Crippen molar-refractivity contribution >= 4 is 11.8 Å². The Bertz CT molecular complexity index is 669. The fraction of sp³-hybridized carbons (Fsp3) is 0.200. The van der Waals surface area contributed by atoms with Gasteiger partial charge in [-0.2, -0.15) is 16.9 Å². The SMILES string of the molecule is c1ccc(CSCCc2nc(-c3ccccn3)n[nH]2)nc1. The van der Waals surface area contributed by atoms with E-state index in [1.54, 1.807) is 6.20 Å². The molecule has 0 fully saturated rings. The molecule has 0 unspecified atom stereocenters. The second kappa shape index (κ2) is 6.99. The molecule has 3 aromatic rings. The van der Waals surface area contributed by atoms with Crippen LogP contribution in [0.1, 0.15) is 11.5 Å². The van der Waals surface area contributed by atoms with E-state index >= 15 is 0 Å². The lowest BCUT2D eigenvalue weighted by Crippen LogP contribution is -1.93. The molecule has 3 heterocycles. The van der Waals surface area contributed by atoms with Crippen molar-refractivity contribution in [2.75, 3.05) is 5.75 Å². The minimum atomic E-state index is 0.653. The predicted molar refractivity (Wildman–Crippen MR) is 83.7 cm³/mol. The zero-order valence-corrected chi connectivity index (χ0v) is 12.3. The lowest BCUT2D eigenvalue weighted by molar-refractivity contribution is 0.953. The van der Waals surface area contributed by atoms with Crippen LogP contribution < -0.4 is 0 Å². The summed E-state index contributed by atoms with van der Waals surface area (Å²) in [6.45, 7) is 0. The number of aryl methyl sites for hydroxylation is 1. The Morgan fingerprint density at radius 2 is 1.86 bits per heavy atom. The second-order valence-electron chi connectivity index (χ2n) is 4.44. The molecule has 0 spiro atoms. The van der Waals surface area contributed by atoms with Crippen LogP contribution in [0.2, 0.25) is 0 Å². The van der Waals surface area contributed by atoms with Crippen LogP contribution in [0.3, 0.4) is 0 Å². The van der Waals surface area contributed by atoms with Gasteiger partial charge in [0.1, 0.15) is 11.5 Å². The molecule has 0 atom stereocenters. The molecular weight excluding hydrogens is 282 g/mol. The van der Waals surface area contributed by atoms with Crippen molar-refractivity contribution in [1.29, 1.82) is 0 Å². The van der Waals surface area contributed by atoms with Crippen LogP contribution in [0, 0.1) is 0 Å². The van der Waals surface area contributed by atoms with Gasteiger partial charge >= 0.3 is 0 Å². The van der Waals surface area contributed by atoms with Crippen molar-refractivity contribution < 1.29 is 0 Å². The first-order valence-corrected chi connectivity index (χ1v) is 7.87. The zero-order valence-electron chi connectivity index (χ0n) is 11.4. The smallest absolute Gasteiger partial charge is 0.199 e. The Kier molecular flexibility index (Phi) is 4.58. The summed E-state index contributed by atoms with van der Waals surface area (Å²) >= 11 is 1.84. The van der Waals surface area contributed by atoms with Crippen LogP contribution in [0.4, 0.5) is 0 Å². The Hall–Kier alpha value is -2.21. The van der Waals surface area contributed by atoms with E-state index in [0.717, 1.165) is 35.1 Å². The number of nitrogens with one attached hydrogen (secondary N) is 1. The van der Waals surface area contributed by atoms with Crippen molar-refractivity contribution in [3.8, 4) is 11.5 Å². The molecule has 0 saturated carbocycles. The van der Waals surface area contributed by atoms with Gasteiger partial charge < -0.3 is 0 Å². The predicted octanol–water partition coefficient (Wildman–Crippen LogP) is 2.74. The van der Waals surface area contributed by atoms with E-state index in [4.69, 9.17) is 0 Å². The molecule has 0 aliphatic carbocycles. The maximum Gasteiger partial charge on any atom is 0.199 e. The van der Waals surface area contributed by atoms with Crippen molar-refractivity contribution in [1.82, 2.24) is 25.1 Å². The average Bonchev–Trinajstić information content (AvgIpc) is 3.02. The molecule has 0 aliphatic heterocycles. The van der Waals surface area contributed by atoms with Gasteiger partial charge in [0.2, 0.25) is 0 Å². The van der Waals surface area contributed by atoms with Gasteiger partial charge in [-0.25, -0.2) is 4.98 Å². The van der Waals surface area contributed by atoms with Gasteiger partial charge in [0.25, 0.3) is 0 Å². The van der Waals surface area contributed by atoms with E-state index < -0.39 is 0 Å². The summed E-state index contributed by atoms with van der Waals surface area (Å²) in [7, 11) is 0. The molecule has 106 valence electrons. The first-order valence-electron chi connectivity index (χ1n) is 6.72. The standard InChI is InChI=1S/C15H15N5S/c1-3-8-16-12(5-1)11-21-10-7-14-18-15(20-19-14)13-6-2-4-9-17-13/h1-6,8-9H,7,10-11H2,(H,18,19,20). The monoisotopic (exact) mass is 297 g/mol. The number of pyridine rings is 2. The molecule has 6 heteroatoms. The summed E-state index contributed by atoms with van der Waals surface area (Å²) < 4.78 is 0. The first-order chi connectivity index (χ1) is 10.4. The van der Waals surface area contributed by atoms with Gasteiger partial charge in [-0.1, -0.05) is 12.1 Å². The summed E-state index contributed by atoms with van der Waals surface area (Å²) in [5.41, 5.74) is 1.90. The van der Waals surface area contributed by atoms with E-state index in [0.29, 0.717) is 5.82 Å². The minimum absolute atomic E-state index is 0.653. The van der Waals surface area contributed by atoms with Crippen molar-refractivity contribution in [3.05, 3.63) is 60.3 Å². The summed E-state index contributed by atoms with van der Waals surface area (Å²) in [6, 6.07) is 11.7. The van der Waals surface area contributed by atoms with Gasteiger partial charge in [-0.15, -0.1) is 0 Å². The fourth-order valence-electron chi connectivity index (χ4n) is 1.85. The van der Waals surface area contributed by atoms with Gasteiger partial charge in [-0.3, -0.25) is 15.1 Å². The van der Waals surface area contributed by atoms with Crippen LogP contribution in [0.5, 0.6) is 0 Å². The zero-order chi connectivity index (χ0) is 14.3. The van der Waals surface area contributed by atoms with Gasteiger partial charge in [0.05, 0.1) is 5.69 Å². The maximum absolute atomic E-state index is 4.47. The number of H-pyrrole nitrogens is 1. The summed E-state index contributed by atoms with van der Waals surface area (Å²) in [5, 5.41) is 7.18. The number of aromatic amines is 1. The highest BCUT2D eigenvalue weighted by Gasteiger charge is 2.06. The molecule has 0 aromatic carbocycles. The lowest BCUT2D eigenvalue weighted by atomic mass is 10.3. The van der Waals surface area contributed by atoms with Crippen LogP contribution in [0.25, 0.3) is 11.5 Å². The van der Waals surface area contributed by atoms with Gasteiger partial charge in [-0.05, 0) is 24.3 Å². The molecule has 0 saturated heterocycles. The van der Waals surface area contributed by atoms with Crippen molar-refractivity contribution in [2.24, 2.45) is 0 Å². The Morgan fingerprint density at radius 3 is 2.62 bits per heavy atom. The Labute approximate surface area is 127 Å². The number of rotatable bonds is 6. The highest BCUT2D eigenvalue weighted by Crippen LogP contribution is 2.13. The molecule has 0 bridgehead atoms. The summed E-state index contributed by atoms with van der Waals surface area (Å²) in [4.78, 5) is 13.0. The number of hydrogen-bond acceptors (Lipinski definition) is 5. The molecule has 0 amide bonds. The topological polar surface area (TPSA) is 67.3 Å². The molecule has 3 rings (SSSR count). The van der Waals surface area contributed by atoms with Crippen LogP contribution in [-0.2, 0) is 12.2 Å². The molecule has 3 aromatic heterocycles. The fourth-order valence-corrected chi connectivity index (χ4v) is 2.71. The second-order valence-corrected chi connectivity index (χ2v) is 5.55. The molecule has 21 heavy (non-hydrogen) atoms. The number of hydrogen-bond donors (Lipinski definition) is 1. The molecule has 0 aliphatic rings. The third-order valence-electron chi connectivity index (χ3n) is 2.89. The third kappa shape index (κ3) is 3.88. The van der Waals surface area contributed by atoms with Crippen LogP contribution >= 0.6 is 11.8 Å². The summed E-state index contributed by atoms with van der Waals surface area (Å²) in [6.07, 6.45) is 4.43. The quantitative estimate of drug-likeness (QED) is 0.709. The largest absolute Gasteiger partial charge is 0.263 e. The Balaban J connectivity index is 1.49. The highest BCUT2D eigenvalue weighted by molar-refractivity contribution is 7.98. The van der Waals surface area contributed by atoms with Crippen molar-refractivity contribution in [3.63, 3.8) is 0 Å². The molecule has 1 N–H and O–H groups in total. The van der Waals surface area contributed by atoms with Crippen molar-refractivity contribution in [2.45, 2.75) is 12.2 Å². The van der Waals surface area contributed by atoms with E-state index in [9.17, 15) is 0 Å². The lowest BCUT2D eigenvalue weighted by Gasteiger charge is -1.99. The highest BCUT2D eigenvalue weighted by atomic mass is 32.2. The minimum Gasteiger partial charge on any atom is -0.263 e. The first kappa shape index (κ1) is 13.8. The van der Waals surface area contributed by atoms with E-state index in [-0.39, 0.29) is 0 Å². The maximum atomic E-state index is 4.47. The molecular formula is C15H15N5S. The van der Waals surface area contributed by atoms with Gasteiger partial charge in [0.15, 0.2) is 5.82 Å². The van der Waals surface area contributed by atoms with E-state index in [2.05, 4.69) is 25.1 Å². The van der Waals surface area contributed by atoms with E-state index in [1.165, 1.54) is 0 Å². The summed E-state index contributed by atoms with van der Waals surface area (Å²) in [5.74, 6) is 3.44. The average molecular weight is 297 g/mol. The number of nitrogens with zero attached hydrogens (tertiary/aromatic N) is 4. The van der Waals surface area contributed by atoms with E-state index in [1.807, 2.05) is 54.4 Å². The van der Waals surface area contributed by atoms with Crippen LogP contribution in [0.15, 0.2) is 48.8 Å². The molecule has 5 nitrogen and oxygen atoms in total. The number of thioether (sulfide) groups is 1. The Morgan fingerprint density at radius 1 is 1.00 bits per heavy atom. The number of aromatic nitrogens is 5. The normalized spacial score (nSPS) is 10.7.